The second-order valence-electron chi connectivity index (χ2n) is 4.27. The van der Waals surface area contributed by atoms with Crippen molar-refractivity contribution in [1.29, 1.82) is 0 Å². The van der Waals surface area contributed by atoms with Crippen LogP contribution in [0, 0.1) is 0 Å². The van der Waals surface area contributed by atoms with Gasteiger partial charge in [0.25, 0.3) is 0 Å². The Balaban J connectivity index is 2.07. The number of anilines is 2. The molecule has 0 aromatic carbocycles. The fourth-order valence-electron chi connectivity index (χ4n) is 1.91. The van der Waals surface area contributed by atoms with E-state index < -0.39 is 0 Å². The summed E-state index contributed by atoms with van der Waals surface area (Å²) in [4.78, 5) is 9.67. The van der Waals surface area contributed by atoms with E-state index in [1.54, 1.807) is 11.3 Å². The van der Waals surface area contributed by atoms with Gasteiger partial charge in [-0.1, -0.05) is 13.0 Å². The molecule has 96 valence electrons. The Morgan fingerprint density at radius 2 is 2.28 bits per heavy atom. The van der Waals surface area contributed by atoms with Gasteiger partial charge < -0.3 is 11.1 Å². The topological polar surface area (TPSA) is 63.8 Å². The highest BCUT2D eigenvalue weighted by Crippen LogP contribution is 2.20. The predicted molar refractivity (Wildman–Crippen MR) is 76.9 cm³/mol. The molecule has 0 aliphatic heterocycles. The summed E-state index contributed by atoms with van der Waals surface area (Å²) < 4.78 is 0. The zero-order valence-electron chi connectivity index (χ0n) is 10.7. The quantitative estimate of drug-likeness (QED) is 0.869. The van der Waals surface area contributed by atoms with E-state index in [0.717, 1.165) is 24.2 Å². The Kier molecular flexibility index (Phi) is 4.15. The summed E-state index contributed by atoms with van der Waals surface area (Å²) >= 11 is 1.78. The highest BCUT2D eigenvalue weighted by atomic mass is 32.1. The molecule has 0 aliphatic carbocycles. The van der Waals surface area contributed by atoms with Crippen molar-refractivity contribution >= 4 is 23.0 Å². The molecule has 1 atom stereocenters. The van der Waals surface area contributed by atoms with E-state index in [0.29, 0.717) is 11.9 Å². The van der Waals surface area contributed by atoms with Gasteiger partial charge in [-0.15, -0.1) is 11.3 Å². The van der Waals surface area contributed by atoms with Gasteiger partial charge >= 0.3 is 0 Å². The average molecular weight is 262 g/mol. The first-order chi connectivity index (χ1) is 8.70. The molecule has 2 heterocycles. The fourth-order valence-corrected chi connectivity index (χ4v) is 2.75. The molecule has 2 aromatic rings. The summed E-state index contributed by atoms with van der Waals surface area (Å²) in [6.07, 6.45) is 3.33. The maximum Gasteiger partial charge on any atom is 0.134 e. The second kappa shape index (κ2) is 5.82. The minimum Gasteiger partial charge on any atom is -0.383 e. The lowest BCUT2D eigenvalue weighted by atomic mass is 10.1. The van der Waals surface area contributed by atoms with Crippen LogP contribution in [0.3, 0.4) is 0 Å². The third kappa shape index (κ3) is 2.98. The summed E-state index contributed by atoms with van der Waals surface area (Å²) in [5, 5.41) is 5.52. The van der Waals surface area contributed by atoms with Crippen LogP contribution in [-0.2, 0) is 12.8 Å². The lowest BCUT2D eigenvalue weighted by Gasteiger charge is -2.16. The fraction of sp³-hybridized carbons (Fsp3) is 0.385. The van der Waals surface area contributed by atoms with Crippen LogP contribution in [-0.4, -0.2) is 16.0 Å². The number of aromatic nitrogens is 2. The molecule has 0 aliphatic rings. The molecule has 0 radical (unpaired) electrons. The van der Waals surface area contributed by atoms with E-state index >= 15 is 0 Å². The molecule has 5 heteroatoms. The van der Waals surface area contributed by atoms with Crippen molar-refractivity contribution in [1.82, 2.24) is 9.97 Å². The van der Waals surface area contributed by atoms with Crippen LogP contribution >= 0.6 is 11.3 Å². The molecular weight excluding hydrogens is 244 g/mol. The first-order valence-electron chi connectivity index (χ1n) is 6.09. The first-order valence-corrected chi connectivity index (χ1v) is 6.97. The van der Waals surface area contributed by atoms with E-state index in [9.17, 15) is 0 Å². The van der Waals surface area contributed by atoms with Crippen molar-refractivity contribution in [2.75, 3.05) is 11.1 Å². The molecule has 4 nitrogen and oxygen atoms in total. The number of nitrogens with two attached hydrogens (primary N) is 1. The molecule has 3 N–H and O–H groups in total. The zero-order valence-corrected chi connectivity index (χ0v) is 11.5. The third-order valence-electron chi connectivity index (χ3n) is 2.80. The van der Waals surface area contributed by atoms with Gasteiger partial charge in [0.15, 0.2) is 0 Å². The summed E-state index contributed by atoms with van der Waals surface area (Å²) in [5.41, 5.74) is 6.85. The van der Waals surface area contributed by atoms with Gasteiger partial charge in [-0.05, 0) is 24.8 Å². The van der Waals surface area contributed by atoms with E-state index in [4.69, 9.17) is 5.73 Å². The summed E-state index contributed by atoms with van der Waals surface area (Å²) in [6.45, 7) is 4.21. The van der Waals surface area contributed by atoms with Gasteiger partial charge in [0.05, 0.1) is 0 Å². The maximum absolute atomic E-state index is 5.85. The van der Waals surface area contributed by atoms with Crippen molar-refractivity contribution in [2.24, 2.45) is 0 Å². The van der Waals surface area contributed by atoms with Crippen LogP contribution < -0.4 is 11.1 Å². The second-order valence-corrected chi connectivity index (χ2v) is 5.30. The summed E-state index contributed by atoms with van der Waals surface area (Å²) in [7, 11) is 0. The van der Waals surface area contributed by atoms with Crippen LogP contribution in [0.25, 0.3) is 0 Å². The van der Waals surface area contributed by atoms with Gasteiger partial charge in [-0.25, -0.2) is 9.97 Å². The SMILES string of the molecule is CCc1c(N)ncnc1NC(C)Cc1cccs1. The van der Waals surface area contributed by atoms with Crippen LogP contribution in [0.2, 0.25) is 0 Å². The van der Waals surface area contributed by atoms with Crippen LogP contribution in [0.1, 0.15) is 24.3 Å². The third-order valence-corrected chi connectivity index (χ3v) is 3.70. The molecule has 1 unspecified atom stereocenters. The van der Waals surface area contributed by atoms with E-state index in [1.807, 2.05) is 0 Å². The molecule has 0 bridgehead atoms. The minimum absolute atomic E-state index is 0.322. The molecule has 18 heavy (non-hydrogen) atoms. The number of nitrogen functional groups attached to an aromatic ring is 1. The molecule has 0 spiro atoms. The number of nitrogens with one attached hydrogen (secondary N) is 1. The van der Waals surface area contributed by atoms with E-state index in [1.165, 1.54) is 11.2 Å². The summed E-state index contributed by atoms with van der Waals surface area (Å²) in [6, 6.07) is 4.55. The highest BCUT2D eigenvalue weighted by molar-refractivity contribution is 7.09. The summed E-state index contributed by atoms with van der Waals surface area (Å²) in [5.74, 6) is 1.42. The minimum atomic E-state index is 0.322. The Hall–Kier alpha value is -1.62. The number of thiophene rings is 1. The molecular formula is C13H18N4S. The van der Waals surface area contributed by atoms with Gasteiger partial charge in [-0.3, -0.25) is 0 Å². The Labute approximate surface area is 111 Å². The van der Waals surface area contributed by atoms with Crippen molar-refractivity contribution in [3.8, 4) is 0 Å². The standard InChI is InChI=1S/C13H18N4S/c1-3-11-12(14)15-8-16-13(11)17-9(2)7-10-5-4-6-18-10/h4-6,8-9H,3,7H2,1-2H3,(H3,14,15,16,17). The molecule has 0 amide bonds. The normalized spacial score (nSPS) is 12.3. The Bertz CT molecular complexity index is 496. The molecule has 2 rings (SSSR count). The van der Waals surface area contributed by atoms with Crippen LogP contribution in [0.4, 0.5) is 11.6 Å². The highest BCUT2D eigenvalue weighted by Gasteiger charge is 2.10. The molecule has 0 saturated carbocycles. The zero-order chi connectivity index (χ0) is 13.0. The smallest absolute Gasteiger partial charge is 0.134 e. The van der Waals surface area contributed by atoms with Gasteiger partial charge in [0.1, 0.15) is 18.0 Å². The van der Waals surface area contributed by atoms with Gasteiger partial charge in [0, 0.05) is 22.9 Å². The Morgan fingerprint density at radius 1 is 1.44 bits per heavy atom. The average Bonchev–Trinajstić information content (AvgIpc) is 2.82. The first kappa shape index (κ1) is 12.8. The number of hydrogen-bond acceptors (Lipinski definition) is 5. The number of hydrogen-bond donors (Lipinski definition) is 2. The van der Waals surface area contributed by atoms with E-state index in [2.05, 4.69) is 46.6 Å². The number of nitrogens with zero attached hydrogens (tertiary/aromatic N) is 2. The van der Waals surface area contributed by atoms with Crippen molar-refractivity contribution < 1.29 is 0 Å². The molecule has 2 aromatic heterocycles. The maximum atomic E-state index is 5.85. The monoisotopic (exact) mass is 262 g/mol. The van der Waals surface area contributed by atoms with E-state index in [-0.39, 0.29) is 0 Å². The largest absolute Gasteiger partial charge is 0.383 e. The Morgan fingerprint density at radius 3 is 2.94 bits per heavy atom. The van der Waals surface area contributed by atoms with Gasteiger partial charge in [0.2, 0.25) is 0 Å². The lowest BCUT2D eigenvalue weighted by Crippen LogP contribution is -2.20. The number of rotatable bonds is 5. The molecule has 0 fully saturated rings. The van der Waals surface area contributed by atoms with Crippen molar-refractivity contribution in [3.63, 3.8) is 0 Å². The predicted octanol–water partition coefficient (Wildman–Crippen LogP) is 2.73. The van der Waals surface area contributed by atoms with Crippen molar-refractivity contribution in [3.05, 3.63) is 34.3 Å². The van der Waals surface area contributed by atoms with Crippen LogP contribution in [0.15, 0.2) is 23.8 Å². The lowest BCUT2D eigenvalue weighted by molar-refractivity contribution is 0.789. The van der Waals surface area contributed by atoms with Gasteiger partial charge in [-0.2, -0.15) is 0 Å². The van der Waals surface area contributed by atoms with Crippen molar-refractivity contribution in [2.45, 2.75) is 32.7 Å². The molecule has 0 saturated heterocycles. The van der Waals surface area contributed by atoms with Crippen LogP contribution in [0.5, 0.6) is 0 Å².